The second kappa shape index (κ2) is 7.23. The van der Waals surface area contributed by atoms with Gasteiger partial charge >= 0.3 is 0 Å². The van der Waals surface area contributed by atoms with Gasteiger partial charge in [0.05, 0.1) is 12.3 Å². The van der Waals surface area contributed by atoms with Gasteiger partial charge in [0.2, 0.25) is 0 Å². The first-order valence-corrected chi connectivity index (χ1v) is 6.08. The summed E-state index contributed by atoms with van der Waals surface area (Å²) in [6.45, 7) is 9.01. The van der Waals surface area contributed by atoms with Crippen molar-refractivity contribution in [3.63, 3.8) is 0 Å². The quantitative estimate of drug-likeness (QED) is 0.719. The van der Waals surface area contributed by atoms with E-state index in [2.05, 4.69) is 24.1 Å². The van der Waals surface area contributed by atoms with Crippen LogP contribution in [0.5, 0.6) is 5.75 Å². The van der Waals surface area contributed by atoms with Crippen molar-refractivity contribution in [2.24, 2.45) is 0 Å². The SMILES string of the molecule is CCNCCCOc1ccc(C)nc1CC. The van der Waals surface area contributed by atoms with Gasteiger partial charge in [0.1, 0.15) is 5.75 Å². The Morgan fingerprint density at radius 3 is 2.81 bits per heavy atom. The zero-order chi connectivity index (χ0) is 11.8. The van der Waals surface area contributed by atoms with Crippen LogP contribution in [0, 0.1) is 6.92 Å². The predicted octanol–water partition coefficient (Wildman–Crippen LogP) is 2.33. The van der Waals surface area contributed by atoms with E-state index in [9.17, 15) is 0 Å². The number of aryl methyl sites for hydroxylation is 2. The lowest BCUT2D eigenvalue weighted by Gasteiger charge is -2.10. The van der Waals surface area contributed by atoms with Crippen LogP contribution >= 0.6 is 0 Å². The number of hydrogen-bond donors (Lipinski definition) is 1. The van der Waals surface area contributed by atoms with Crippen molar-refractivity contribution >= 4 is 0 Å². The third-order valence-corrected chi connectivity index (χ3v) is 2.41. The van der Waals surface area contributed by atoms with Crippen LogP contribution < -0.4 is 10.1 Å². The zero-order valence-electron chi connectivity index (χ0n) is 10.5. The van der Waals surface area contributed by atoms with Gasteiger partial charge in [-0.05, 0) is 45.0 Å². The normalized spacial score (nSPS) is 10.4. The topological polar surface area (TPSA) is 34.1 Å². The fourth-order valence-electron chi connectivity index (χ4n) is 1.54. The van der Waals surface area contributed by atoms with Crippen LogP contribution in [0.25, 0.3) is 0 Å². The van der Waals surface area contributed by atoms with Gasteiger partial charge in [-0.3, -0.25) is 4.98 Å². The summed E-state index contributed by atoms with van der Waals surface area (Å²) in [6.07, 6.45) is 1.95. The maximum Gasteiger partial charge on any atom is 0.140 e. The van der Waals surface area contributed by atoms with Crippen molar-refractivity contribution in [2.45, 2.75) is 33.6 Å². The first-order chi connectivity index (χ1) is 7.77. The lowest BCUT2D eigenvalue weighted by molar-refractivity contribution is 0.304. The Hall–Kier alpha value is -1.09. The fourth-order valence-corrected chi connectivity index (χ4v) is 1.54. The molecule has 0 unspecified atom stereocenters. The molecule has 0 radical (unpaired) electrons. The van der Waals surface area contributed by atoms with Crippen molar-refractivity contribution in [1.29, 1.82) is 0 Å². The van der Waals surface area contributed by atoms with Crippen molar-refractivity contribution < 1.29 is 4.74 Å². The Morgan fingerprint density at radius 1 is 1.31 bits per heavy atom. The van der Waals surface area contributed by atoms with Gasteiger partial charge in [-0.15, -0.1) is 0 Å². The van der Waals surface area contributed by atoms with Crippen molar-refractivity contribution in [3.8, 4) is 5.75 Å². The van der Waals surface area contributed by atoms with E-state index >= 15 is 0 Å². The summed E-state index contributed by atoms with van der Waals surface area (Å²) in [5.41, 5.74) is 2.11. The van der Waals surface area contributed by atoms with E-state index in [-0.39, 0.29) is 0 Å². The average Bonchev–Trinajstić information content (AvgIpc) is 2.30. The number of aromatic nitrogens is 1. The molecule has 1 aromatic rings. The molecule has 0 amide bonds. The highest BCUT2D eigenvalue weighted by molar-refractivity contribution is 5.29. The van der Waals surface area contributed by atoms with Gasteiger partial charge in [0, 0.05) is 5.69 Å². The van der Waals surface area contributed by atoms with E-state index in [0.29, 0.717) is 0 Å². The third kappa shape index (κ3) is 4.19. The number of nitrogens with zero attached hydrogens (tertiary/aromatic N) is 1. The molecule has 1 heterocycles. The minimum Gasteiger partial charge on any atom is -0.492 e. The summed E-state index contributed by atoms with van der Waals surface area (Å²) in [7, 11) is 0. The smallest absolute Gasteiger partial charge is 0.140 e. The molecular weight excluding hydrogens is 200 g/mol. The highest BCUT2D eigenvalue weighted by Crippen LogP contribution is 2.17. The molecule has 1 aromatic heterocycles. The van der Waals surface area contributed by atoms with E-state index < -0.39 is 0 Å². The van der Waals surface area contributed by atoms with Crippen LogP contribution in [0.4, 0.5) is 0 Å². The van der Waals surface area contributed by atoms with Crippen molar-refractivity contribution in [2.75, 3.05) is 19.7 Å². The van der Waals surface area contributed by atoms with Crippen LogP contribution in [0.2, 0.25) is 0 Å². The van der Waals surface area contributed by atoms with Gasteiger partial charge in [-0.2, -0.15) is 0 Å². The minimum absolute atomic E-state index is 0.755. The molecule has 0 aliphatic carbocycles. The van der Waals surface area contributed by atoms with E-state index in [4.69, 9.17) is 4.74 Å². The molecule has 0 saturated carbocycles. The molecule has 3 nitrogen and oxygen atoms in total. The highest BCUT2D eigenvalue weighted by Gasteiger charge is 2.03. The number of rotatable bonds is 7. The third-order valence-electron chi connectivity index (χ3n) is 2.41. The van der Waals surface area contributed by atoms with Crippen LogP contribution in [-0.2, 0) is 6.42 Å². The molecule has 0 atom stereocenters. The Kier molecular flexibility index (Phi) is 5.86. The lowest BCUT2D eigenvalue weighted by atomic mass is 10.2. The summed E-state index contributed by atoms with van der Waals surface area (Å²) in [5, 5.41) is 3.28. The summed E-state index contributed by atoms with van der Waals surface area (Å²) >= 11 is 0. The van der Waals surface area contributed by atoms with Crippen LogP contribution in [0.1, 0.15) is 31.7 Å². The van der Waals surface area contributed by atoms with Gasteiger partial charge in [0.25, 0.3) is 0 Å². The number of nitrogens with one attached hydrogen (secondary N) is 1. The van der Waals surface area contributed by atoms with Crippen LogP contribution in [-0.4, -0.2) is 24.7 Å². The Balaban J connectivity index is 2.41. The first kappa shape index (κ1) is 13.0. The van der Waals surface area contributed by atoms with Gasteiger partial charge in [0.15, 0.2) is 0 Å². The molecule has 1 N–H and O–H groups in total. The molecule has 16 heavy (non-hydrogen) atoms. The second-order valence-electron chi connectivity index (χ2n) is 3.81. The fraction of sp³-hybridized carbons (Fsp3) is 0.615. The van der Waals surface area contributed by atoms with Gasteiger partial charge in [-0.25, -0.2) is 0 Å². The number of pyridine rings is 1. The molecule has 0 bridgehead atoms. The molecular formula is C13H22N2O. The molecule has 0 fully saturated rings. The number of hydrogen-bond acceptors (Lipinski definition) is 3. The molecule has 1 rings (SSSR count). The molecule has 0 spiro atoms. The predicted molar refractivity (Wildman–Crippen MR) is 67.0 cm³/mol. The maximum absolute atomic E-state index is 5.73. The second-order valence-corrected chi connectivity index (χ2v) is 3.81. The van der Waals surface area contributed by atoms with Gasteiger partial charge < -0.3 is 10.1 Å². The molecule has 0 saturated heterocycles. The van der Waals surface area contributed by atoms with Gasteiger partial charge in [-0.1, -0.05) is 13.8 Å². The largest absolute Gasteiger partial charge is 0.492 e. The summed E-state index contributed by atoms with van der Waals surface area (Å²) in [6, 6.07) is 4.02. The lowest BCUT2D eigenvalue weighted by Crippen LogP contribution is -2.16. The number of ether oxygens (including phenoxy) is 1. The highest BCUT2D eigenvalue weighted by atomic mass is 16.5. The van der Waals surface area contributed by atoms with E-state index in [1.54, 1.807) is 0 Å². The molecule has 0 aliphatic heterocycles. The van der Waals surface area contributed by atoms with E-state index in [1.807, 2.05) is 19.1 Å². The molecule has 0 aromatic carbocycles. The Bertz CT molecular complexity index is 313. The van der Waals surface area contributed by atoms with Crippen LogP contribution in [0.3, 0.4) is 0 Å². The summed E-state index contributed by atoms with van der Waals surface area (Å²) < 4.78 is 5.73. The molecule has 90 valence electrons. The molecule has 3 heteroatoms. The first-order valence-electron chi connectivity index (χ1n) is 6.08. The van der Waals surface area contributed by atoms with Crippen molar-refractivity contribution in [1.82, 2.24) is 10.3 Å². The average molecular weight is 222 g/mol. The van der Waals surface area contributed by atoms with E-state index in [0.717, 1.165) is 49.7 Å². The molecule has 0 aliphatic rings. The van der Waals surface area contributed by atoms with Crippen molar-refractivity contribution in [3.05, 3.63) is 23.5 Å². The monoisotopic (exact) mass is 222 g/mol. The standard InChI is InChI=1S/C13H22N2O/c1-4-12-13(8-7-11(3)15-12)16-10-6-9-14-5-2/h7-8,14H,4-6,9-10H2,1-3H3. The maximum atomic E-state index is 5.73. The Morgan fingerprint density at radius 2 is 2.12 bits per heavy atom. The van der Waals surface area contributed by atoms with E-state index in [1.165, 1.54) is 0 Å². The van der Waals surface area contributed by atoms with Crippen LogP contribution in [0.15, 0.2) is 12.1 Å². The zero-order valence-corrected chi connectivity index (χ0v) is 10.5. The Labute approximate surface area is 98.2 Å². The minimum atomic E-state index is 0.755. The summed E-state index contributed by atoms with van der Waals surface area (Å²) in [5.74, 6) is 0.935. The summed E-state index contributed by atoms with van der Waals surface area (Å²) in [4.78, 5) is 4.47.